The molecule has 4 nitrogen and oxygen atoms in total. The van der Waals surface area contributed by atoms with Crippen LogP contribution in [0, 0.1) is 0 Å². The van der Waals surface area contributed by atoms with E-state index in [2.05, 4.69) is 17.2 Å². The van der Waals surface area contributed by atoms with Gasteiger partial charge in [0.2, 0.25) is 0 Å². The molecule has 0 aliphatic rings. The highest BCUT2D eigenvalue weighted by molar-refractivity contribution is 7.98. The number of hydrogen-bond acceptors (Lipinski definition) is 3. The van der Waals surface area contributed by atoms with Gasteiger partial charge >= 0.3 is 5.97 Å². The zero-order chi connectivity index (χ0) is 14.8. The van der Waals surface area contributed by atoms with Crippen molar-refractivity contribution in [2.24, 2.45) is 7.05 Å². The van der Waals surface area contributed by atoms with Gasteiger partial charge in [-0.1, -0.05) is 18.2 Å². The Morgan fingerprint density at radius 3 is 2.62 bits per heavy atom. The molecular formula is C16H14N2O2S. The quantitative estimate of drug-likeness (QED) is 0.748. The Labute approximate surface area is 126 Å². The molecule has 3 aromatic rings. The molecule has 0 amide bonds. The number of rotatable bonds is 4. The fraction of sp³-hybridized carbons (Fsp3) is 0.125. The minimum Gasteiger partial charge on any atom is -0.478 e. The lowest BCUT2D eigenvalue weighted by atomic mass is 10.2. The molecule has 0 fully saturated rings. The second-order valence-electron chi connectivity index (χ2n) is 4.71. The largest absolute Gasteiger partial charge is 0.478 e. The Balaban J connectivity index is 1.79. The summed E-state index contributed by atoms with van der Waals surface area (Å²) in [4.78, 5) is 11.9. The molecule has 3 rings (SSSR count). The van der Waals surface area contributed by atoms with Crippen LogP contribution in [0.25, 0.3) is 10.9 Å². The van der Waals surface area contributed by atoms with Gasteiger partial charge in [0.05, 0.1) is 16.8 Å². The zero-order valence-electron chi connectivity index (χ0n) is 11.5. The Hall–Kier alpha value is -2.27. The standard InChI is InChI=1S/C16H14N2O2S/c1-18-15-5-3-2-4-13(15)14(17-18)10-21-12-8-6-11(7-9-12)16(19)20/h2-9H,10H2,1H3,(H,19,20). The predicted molar refractivity (Wildman–Crippen MR) is 83.7 cm³/mol. The number of carbonyl (C=O) groups is 1. The van der Waals surface area contributed by atoms with Crippen molar-refractivity contribution in [3.8, 4) is 0 Å². The molecular weight excluding hydrogens is 284 g/mol. The van der Waals surface area contributed by atoms with Gasteiger partial charge in [-0.25, -0.2) is 4.79 Å². The average Bonchev–Trinajstić information content (AvgIpc) is 2.83. The van der Waals surface area contributed by atoms with Crippen LogP contribution in [0.3, 0.4) is 0 Å². The number of carboxylic acid groups (broad SMARTS) is 1. The zero-order valence-corrected chi connectivity index (χ0v) is 12.3. The first-order valence-corrected chi connectivity index (χ1v) is 7.50. The van der Waals surface area contributed by atoms with Gasteiger partial charge < -0.3 is 5.11 Å². The van der Waals surface area contributed by atoms with Crippen molar-refractivity contribution < 1.29 is 9.90 Å². The van der Waals surface area contributed by atoms with Crippen LogP contribution < -0.4 is 0 Å². The van der Waals surface area contributed by atoms with Crippen LogP contribution in [0.1, 0.15) is 16.1 Å². The van der Waals surface area contributed by atoms with Crippen LogP contribution in [0.2, 0.25) is 0 Å². The maximum atomic E-state index is 10.8. The highest BCUT2D eigenvalue weighted by atomic mass is 32.2. The summed E-state index contributed by atoms with van der Waals surface area (Å²) in [6.07, 6.45) is 0. The molecule has 0 radical (unpaired) electrons. The van der Waals surface area contributed by atoms with Crippen LogP contribution in [0.5, 0.6) is 0 Å². The molecule has 0 aliphatic carbocycles. The van der Waals surface area contributed by atoms with Crippen molar-refractivity contribution in [3.63, 3.8) is 0 Å². The summed E-state index contributed by atoms with van der Waals surface area (Å²) in [5, 5.41) is 14.6. The van der Waals surface area contributed by atoms with Crippen LogP contribution >= 0.6 is 11.8 Å². The molecule has 106 valence electrons. The molecule has 0 bridgehead atoms. The highest BCUT2D eigenvalue weighted by Crippen LogP contribution is 2.26. The summed E-state index contributed by atoms with van der Waals surface area (Å²) in [5.41, 5.74) is 2.47. The van der Waals surface area contributed by atoms with E-state index < -0.39 is 5.97 Å². The van der Waals surface area contributed by atoms with Crippen molar-refractivity contribution in [2.45, 2.75) is 10.6 Å². The van der Waals surface area contributed by atoms with Crippen molar-refractivity contribution in [1.29, 1.82) is 0 Å². The fourth-order valence-corrected chi connectivity index (χ4v) is 3.09. The molecule has 5 heteroatoms. The normalized spacial score (nSPS) is 10.9. The molecule has 0 saturated carbocycles. The third-order valence-electron chi connectivity index (χ3n) is 3.31. The number of aryl methyl sites for hydroxylation is 1. The molecule has 1 N–H and O–H groups in total. The summed E-state index contributed by atoms with van der Waals surface area (Å²) in [6, 6.07) is 15.1. The van der Waals surface area contributed by atoms with E-state index in [0.717, 1.165) is 27.2 Å². The lowest BCUT2D eigenvalue weighted by Crippen LogP contribution is -1.94. The predicted octanol–water partition coefficient (Wildman–Crippen LogP) is 3.56. The SMILES string of the molecule is Cn1nc(CSc2ccc(C(=O)O)cc2)c2ccccc21. The topological polar surface area (TPSA) is 55.1 Å². The number of para-hydroxylation sites is 1. The van der Waals surface area contributed by atoms with Crippen molar-refractivity contribution in [1.82, 2.24) is 9.78 Å². The number of benzene rings is 2. The van der Waals surface area contributed by atoms with E-state index in [4.69, 9.17) is 5.11 Å². The molecule has 0 spiro atoms. The summed E-state index contributed by atoms with van der Waals surface area (Å²) in [7, 11) is 1.94. The van der Waals surface area contributed by atoms with Gasteiger partial charge in [-0.15, -0.1) is 11.8 Å². The average molecular weight is 298 g/mol. The molecule has 2 aromatic carbocycles. The lowest BCUT2D eigenvalue weighted by Gasteiger charge is -2.01. The Kier molecular flexibility index (Phi) is 3.66. The maximum absolute atomic E-state index is 10.8. The first-order valence-electron chi connectivity index (χ1n) is 6.52. The number of hydrogen-bond donors (Lipinski definition) is 1. The van der Waals surface area contributed by atoms with Gasteiger partial charge in [0.25, 0.3) is 0 Å². The summed E-state index contributed by atoms with van der Waals surface area (Å²) >= 11 is 1.65. The smallest absolute Gasteiger partial charge is 0.335 e. The van der Waals surface area contributed by atoms with Gasteiger partial charge in [-0.2, -0.15) is 5.10 Å². The number of aromatic nitrogens is 2. The van der Waals surface area contributed by atoms with E-state index in [1.54, 1.807) is 23.9 Å². The third kappa shape index (κ3) is 2.78. The molecule has 0 unspecified atom stereocenters. The van der Waals surface area contributed by atoms with Crippen molar-refractivity contribution >= 4 is 28.6 Å². The Morgan fingerprint density at radius 2 is 1.90 bits per heavy atom. The summed E-state index contributed by atoms with van der Waals surface area (Å²) in [5.74, 6) is -0.143. The van der Waals surface area contributed by atoms with Gasteiger partial charge in [0.15, 0.2) is 0 Å². The maximum Gasteiger partial charge on any atom is 0.335 e. The summed E-state index contributed by atoms with van der Waals surface area (Å²) in [6.45, 7) is 0. The van der Waals surface area contributed by atoms with E-state index in [1.807, 2.05) is 36.0 Å². The van der Waals surface area contributed by atoms with Crippen LogP contribution in [-0.2, 0) is 12.8 Å². The highest BCUT2D eigenvalue weighted by Gasteiger charge is 2.08. The third-order valence-corrected chi connectivity index (χ3v) is 4.33. The van der Waals surface area contributed by atoms with E-state index in [1.165, 1.54) is 0 Å². The number of nitrogens with zero attached hydrogens (tertiary/aromatic N) is 2. The monoisotopic (exact) mass is 298 g/mol. The van der Waals surface area contributed by atoms with E-state index >= 15 is 0 Å². The van der Waals surface area contributed by atoms with Gasteiger partial charge in [-0.05, 0) is 30.3 Å². The first-order chi connectivity index (χ1) is 10.1. The minimum atomic E-state index is -0.901. The first kappa shape index (κ1) is 13.7. The van der Waals surface area contributed by atoms with Gasteiger partial charge in [0, 0.05) is 23.1 Å². The molecule has 0 atom stereocenters. The van der Waals surface area contributed by atoms with Crippen LogP contribution in [-0.4, -0.2) is 20.9 Å². The second kappa shape index (κ2) is 5.61. The van der Waals surface area contributed by atoms with E-state index in [0.29, 0.717) is 5.56 Å². The van der Waals surface area contributed by atoms with Gasteiger partial charge in [-0.3, -0.25) is 4.68 Å². The fourth-order valence-electron chi connectivity index (χ4n) is 2.24. The molecule has 21 heavy (non-hydrogen) atoms. The van der Waals surface area contributed by atoms with Crippen molar-refractivity contribution in [3.05, 3.63) is 59.8 Å². The van der Waals surface area contributed by atoms with Crippen molar-refractivity contribution in [2.75, 3.05) is 0 Å². The lowest BCUT2D eigenvalue weighted by molar-refractivity contribution is 0.0697. The Morgan fingerprint density at radius 1 is 1.19 bits per heavy atom. The Bertz CT molecular complexity index is 794. The molecule has 0 aliphatic heterocycles. The molecule has 1 aromatic heterocycles. The summed E-state index contributed by atoms with van der Waals surface area (Å²) < 4.78 is 1.89. The van der Waals surface area contributed by atoms with Gasteiger partial charge in [0.1, 0.15) is 0 Å². The van der Waals surface area contributed by atoms with E-state index in [9.17, 15) is 4.79 Å². The number of aromatic carboxylic acids is 1. The molecule has 0 saturated heterocycles. The second-order valence-corrected chi connectivity index (χ2v) is 5.75. The number of thioether (sulfide) groups is 1. The number of carboxylic acids is 1. The number of fused-ring (bicyclic) bond motifs is 1. The van der Waals surface area contributed by atoms with Crippen LogP contribution in [0.4, 0.5) is 0 Å². The van der Waals surface area contributed by atoms with E-state index in [-0.39, 0.29) is 0 Å². The van der Waals surface area contributed by atoms with Crippen LogP contribution in [0.15, 0.2) is 53.4 Å². The molecule has 1 heterocycles. The minimum absolute atomic E-state index is 0.308.